The number of rotatable bonds is 9. The Kier molecular flexibility index (Phi) is 9.33. The molecule has 2 aliphatic heterocycles. The van der Waals surface area contributed by atoms with E-state index in [9.17, 15) is 19.6 Å². The van der Waals surface area contributed by atoms with E-state index in [-0.39, 0.29) is 42.2 Å². The Balaban J connectivity index is 2.15. The Morgan fingerprint density at radius 3 is 2.50 bits per heavy atom. The third kappa shape index (κ3) is 5.99. The van der Waals surface area contributed by atoms with Crippen LogP contribution in [0.5, 0.6) is 0 Å². The Morgan fingerprint density at radius 2 is 1.92 bits per heavy atom. The van der Waals surface area contributed by atoms with E-state index in [1.54, 1.807) is 17.6 Å². The molecule has 0 radical (unpaired) electrons. The van der Waals surface area contributed by atoms with Crippen LogP contribution in [0.2, 0.25) is 0 Å². The minimum absolute atomic E-state index is 0.0549. The highest BCUT2D eigenvalue weighted by molar-refractivity contribution is 8.26. The number of carbonyl (C=O) groups excluding carboxylic acids is 1. The molecule has 3 rings (SSSR count). The van der Waals surface area contributed by atoms with Gasteiger partial charge in [-0.1, -0.05) is 37.3 Å². The van der Waals surface area contributed by atoms with Gasteiger partial charge in [-0.15, -0.1) is 0 Å². The zero-order valence-corrected chi connectivity index (χ0v) is 22.7. The lowest BCUT2D eigenvalue weighted by Gasteiger charge is -2.39. The number of amides is 1. The van der Waals surface area contributed by atoms with Crippen LogP contribution in [0.4, 0.5) is 5.82 Å². The molecule has 2 aliphatic rings. The van der Waals surface area contributed by atoms with E-state index in [1.807, 2.05) is 20.8 Å². The van der Waals surface area contributed by atoms with Crippen molar-refractivity contribution < 1.29 is 19.4 Å². The van der Waals surface area contributed by atoms with Crippen molar-refractivity contribution in [1.29, 1.82) is 5.26 Å². The van der Waals surface area contributed by atoms with Gasteiger partial charge in [0.15, 0.2) is 0 Å². The molecule has 9 nitrogen and oxygen atoms in total. The predicted octanol–water partition coefficient (Wildman–Crippen LogP) is 3.51. The van der Waals surface area contributed by atoms with Crippen molar-refractivity contribution in [3.63, 3.8) is 0 Å². The molecule has 2 unspecified atom stereocenters. The summed E-state index contributed by atoms with van der Waals surface area (Å²) in [6, 6.07) is 2.07. The number of pyridine rings is 1. The van der Waals surface area contributed by atoms with Gasteiger partial charge in [-0.2, -0.15) is 5.26 Å². The smallest absolute Gasteiger partial charge is 0.303 e. The molecule has 1 N–H and O–H groups in total. The molecular weight excluding hydrogens is 500 g/mol. The standard InChI is InChI=1S/C25H32N4O5S2/c1-5-6-9-28-22(27-13-15(2)34-16(3)14-27)18(17(4)19(12-26)23(28)32)11-20-24(33)29(25(35)36-20)10-7-8-21(30)31/h11,15-16H,5-10,13-14H2,1-4H3,(H,30,31). The number of anilines is 1. The summed E-state index contributed by atoms with van der Waals surface area (Å²) in [5.41, 5.74) is 0.902. The van der Waals surface area contributed by atoms with Crippen molar-refractivity contribution in [2.75, 3.05) is 24.5 Å². The molecule has 2 saturated heterocycles. The van der Waals surface area contributed by atoms with Crippen molar-refractivity contribution in [3.05, 3.63) is 31.9 Å². The highest BCUT2D eigenvalue weighted by atomic mass is 32.2. The van der Waals surface area contributed by atoms with E-state index in [2.05, 4.69) is 11.0 Å². The fourth-order valence-corrected chi connectivity index (χ4v) is 5.86. The largest absolute Gasteiger partial charge is 0.481 e. The van der Waals surface area contributed by atoms with E-state index in [0.717, 1.165) is 24.6 Å². The normalized spacial score (nSPS) is 21.4. The van der Waals surface area contributed by atoms with Gasteiger partial charge in [0, 0.05) is 38.2 Å². The zero-order valence-electron chi connectivity index (χ0n) is 21.1. The summed E-state index contributed by atoms with van der Waals surface area (Å²) in [5, 5.41) is 18.8. The number of aromatic nitrogens is 1. The van der Waals surface area contributed by atoms with Crippen molar-refractivity contribution in [2.24, 2.45) is 0 Å². The van der Waals surface area contributed by atoms with Gasteiger partial charge in [-0.25, -0.2) is 0 Å². The molecule has 0 aromatic carbocycles. The second-order valence-corrected chi connectivity index (χ2v) is 10.8. The number of hydrogen-bond donors (Lipinski definition) is 1. The summed E-state index contributed by atoms with van der Waals surface area (Å²) in [6.45, 7) is 9.55. The van der Waals surface area contributed by atoms with Crippen LogP contribution in [0.1, 0.15) is 63.1 Å². The molecule has 0 saturated carbocycles. The molecule has 2 atom stereocenters. The average Bonchev–Trinajstić information content (AvgIpc) is 3.06. The summed E-state index contributed by atoms with van der Waals surface area (Å²) < 4.78 is 7.95. The number of unbranched alkanes of at least 4 members (excludes halogenated alkanes) is 1. The maximum Gasteiger partial charge on any atom is 0.303 e. The van der Waals surface area contributed by atoms with Gasteiger partial charge in [0.1, 0.15) is 21.8 Å². The Bertz CT molecular complexity index is 1180. The SMILES string of the molecule is CCCCn1c(N2CC(C)OC(C)C2)c(C=C2SC(=S)N(CCCC(=O)O)C2=O)c(C)c(C#N)c1=O. The van der Waals surface area contributed by atoms with Crippen molar-refractivity contribution >= 4 is 52.1 Å². The van der Waals surface area contributed by atoms with Gasteiger partial charge in [-0.05, 0) is 45.3 Å². The minimum Gasteiger partial charge on any atom is -0.481 e. The fourth-order valence-electron chi connectivity index (χ4n) is 4.57. The average molecular weight is 533 g/mol. The van der Waals surface area contributed by atoms with Crippen LogP contribution in [-0.2, 0) is 20.9 Å². The van der Waals surface area contributed by atoms with Crippen molar-refractivity contribution in [3.8, 4) is 6.07 Å². The molecule has 194 valence electrons. The summed E-state index contributed by atoms with van der Waals surface area (Å²) in [7, 11) is 0. The van der Waals surface area contributed by atoms with Gasteiger partial charge in [-0.3, -0.25) is 23.9 Å². The van der Waals surface area contributed by atoms with Crippen LogP contribution in [0.25, 0.3) is 6.08 Å². The quantitative estimate of drug-likeness (QED) is 0.377. The summed E-state index contributed by atoms with van der Waals surface area (Å²) in [4.78, 5) is 41.4. The monoisotopic (exact) mass is 532 g/mol. The first-order valence-electron chi connectivity index (χ1n) is 12.1. The third-order valence-electron chi connectivity index (χ3n) is 6.22. The van der Waals surface area contributed by atoms with Crippen molar-refractivity contribution in [2.45, 2.75) is 72.1 Å². The van der Waals surface area contributed by atoms with Gasteiger partial charge in [0.2, 0.25) is 0 Å². The highest BCUT2D eigenvalue weighted by Gasteiger charge is 2.34. The first kappa shape index (κ1) is 27.9. The number of thiocarbonyl (C=S) groups is 1. The maximum absolute atomic E-state index is 13.4. The van der Waals surface area contributed by atoms with E-state index in [0.29, 0.717) is 52.2 Å². The van der Waals surface area contributed by atoms with Crippen LogP contribution >= 0.6 is 24.0 Å². The van der Waals surface area contributed by atoms with E-state index < -0.39 is 5.97 Å². The summed E-state index contributed by atoms with van der Waals surface area (Å²) in [6.07, 6.45) is 3.50. The lowest BCUT2D eigenvalue weighted by Crippen LogP contribution is -2.48. The molecule has 1 amide bonds. The number of carboxylic acids is 1. The fraction of sp³-hybridized carbons (Fsp3) is 0.560. The first-order valence-corrected chi connectivity index (χ1v) is 13.4. The van der Waals surface area contributed by atoms with Crippen LogP contribution in [-0.4, -0.2) is 62.6 Å². The maximum atomic E-state index is 13.4. The lowest BCUT2D eigenvalue weighted by atomic mass is 10.0. The topological polar surface area (TPSA) is 116 Å². The number of ether oxygens (including phenoxy) is 1. The number of hydrogen-bond acceptors (Lipinski definition) is 8. The van der Waals surface area contributed by atoms with Crippen molar-refractivity contribution in [1.82, 2.24) is 9.47 Å². The molecular formula is C25H32N4O5S2. The molecule has 0 bridgehead atoms. The molecule has 3 heterocycles. The molecule has 1 aromatic rings. The molecule has 1 aromatic heterocycles. The number of carbonyl (C=O) groups is 2. The van der Waals surface area contributed by atoms with Crippen LogP contribution in [0.3, 0.4) is 0 Å². The minimum atomic E-state index is -0.927. The number of nitriles is 1. The molecule has 2 fully saturated rings. The van der Waals surface area contributed by atoms with Gasteiger partial charge in [0.05, 0.1) is 17.1 Å². The van der Waals surface area contributed by atoms with Gasteiger partial charge >= 0.3 is 5.97 Å². The molecule has 0 aliphatic carbocycles. The number of carboxylic acid groups (broad SMARTS) is 1. The molecule has 36 heavy (non-hydrogen) atoms. The number of nitrogens with zero attached hydrogens (tertiary/aromatic N) is 4. The summed E-state index contributed by atoms with van der Waals surface area (Å²) >= 11 is 6.56. The number of aliphatic carboxylic acids is 1. The zero-order chi connectivity index (χ0) is 26.6. The highest BCUT2D eigenvalue weighted by Crippen LogP contribution is 2.36. The second-order valence-electron chi connectivity index (χ2n) is 9.15. The molecule has 11 heteroatoms. The predicted molar refractivity (Wildman–Crippen MR) is 144 cm³/mol. The first-order chi connectivity index (χ1) is 17.1. The lowest BCUT2D eigenvalue weighted by molar-refractivity contribution is -0.137. The Morgan fingerprint density at radius 1 is 1.25 bits per heavy atom. The van der Waals surface area contributed by atoms with E-state index >= 15 is 0 Å². The molecule has 0 spiro atoms. The summed E-state index contributed by atoms with van der Waals surface area (Å²) in [5.74, 6) is -0.541. The number of thioether (sulfide) groups is 1. The van der Waals surface area contributed by atoms with E-state index in [1.165, 1.54) is 4.90 Å². The van der Waals surface area contributed by atoms with Crippen LogP contribution in [0, 0.1) is 18.3 Å². The Hall–Kier alpha value is -2.68. The number of morpholine rings is 1. The van der Waals surface area contributed by atoms with Crippen LogP contribution < -0.4 is 10.5 Å². The second kappa shape index (κ2) is 12.0. The Labute approximate surface area is 220 Å². The van der Waals surface area contributed by atoms with Gasteiger partial charge in [0.25, 0.3) is 11.5 Å². The van der Waals surface area contributed by atoms with Crippen LogP contribution in [0.15, 0.2) is 9.70 Å². The van der Waals surface area contributed by atoms with Gasteiger partial charge < -0.3 is 14.7 Å². The third-order valence-corrected chi connectivity index (χ3v) is 7.60. The van der Waals surface area contributed by atoms with E-state index in [4.69, 9.17) is 22.1 Å².